The molecule has 0 saturated heterocycles. The smallest absolute Gasteiger partial charge is 0.178 e. The largest absolute Gasteiger partial charge is 0.293 e. The zero-order valence-corrected chi connectivity index (χ0v) is 10.1. The van der Waals surface area contributed by atoms with E-state index >= 15 is 0 Å². The minimum Gasteiger partial charge on any atom is -0.293 e. The molecule has 0 N–H and O–H groups in total. The van der Waals surface area contributed by atoms with Crippen molar-refractivity contribution >= 4 is 17.1 Å². The van der Waals surface area contributed by atoms with Gasteiger partial charge in [0.1, 0.15) is 5.69 Å². The highest BCUT2D eigenvalue weighted by molar-refractivity contribution is 7.09. The van der Waals surface area contributed by atoms with Crippen molar-refractivity contribution in [2.75, 3.05) is 0 Å². The van der Waals surface area contributed by atoms with Crippen LogP contribution < -0.4 is 0 Å². The summed E-state index contributed by atoms with van der Waals surface area (Å²) in [6, 6.07) is 0. The van der Waals surface area contributed by atoms with Crippen LogP contribution in [0.1, 0.15) is 60.9 Å². The monoisotopic (exact) mass is 223 g/mol. The van der Waals surface area contributed by atoms with E-state index in [1.165, 1.54) is 30.7 Å². The lowest BCUT2D eigenvalue weighted by Crippen LogP contribution is -2.10. The van der Waals surface area contributed by atoms with E-state index in [0.29, 0.717) is 11.6 Å². The molecule has 1 saturated carbocycles. The average molecular weight is 223 g/mol. The van der Waals surface area contributed by atoms with Crippen LogP contribution in [0.25, 0.3) is 0 Å². The molecule has 0 unspecified atom stereocenters. The van der Waals surface area contributed by atoms with Crippen molar-refractivity contribution in [1.29, 1.82) is 0 Å². The number of carbonyl (C=O) groups excluding carboxylic acids is 1. The van der Waals surface area contributed by atoms with Gasteiger partial charge in [-0.05, 0) is 18.8 Å². The van der Waals surface area contributed by atoms with Crippen LogP contribution in [0.2, 0.25) is 0 Å². The molecular formula is C12H17NOS. The summed E-state index contributed by atoms with van der Waals surface area (Å²) < 4.78 is 0. The Hall–Kier alpha value is -0.700. The zero-order valence-electron chi connectivity index (χ0n) is 9.32. The van der Waals surface area contributed by atoms with Crippen LogP contribution in [0.15, 0.2) is 5.38 Å². The Labute approximate surface area is 94.7 Å². The molecule has 0 aliphatic heterocycles. The van der Waals surface area contributed by atoms with Crippen molar-refractivity contribution in [2.24, 2.45) is 5.92 Å². The van der Waals surface area contributed by atoms with E-state index in [9.17, 15) is 4.79 Å². The first-order valence-electron chi connectivity index (χ1n) is 5.63. The number of ketones is 1. The lowest BCUT2D eigenvalue weighted by Gasteiger charge is -2.24. The molecule has 1 aliphatic rings. The number of hydrogen-bond donors (Lipinski definition) is 0. The summed E-state index contributed by atoms with van der Waals surface area (Å²) in [5.74, 6) is 1.56. The van der Waals surface area contributed by atoms with Gasteiger partial charge in [0, 0.05) is 18.2 Å². The van der Waals surface area contributed by atoms with E-state index in [1.54, 1.807) is 18.3 Å². The van der Waals surface area contributed by atoms with Gasteiger partial charge in [0.25, 0.3) is 0 Å². The van der Waals surface area contributed by atoms with Gasteiger partial charge in [0.15, 0.2) is 5.78 Å². The molecule has 0 atom stereocenters. The molecule has 0 radical (unpaired) electrons. The number of carbonyl (C=O) groups is 1. The van der Waals surface area contributed by atoms with Crippen molar-refractivity contribution in [3.63, 3.8) is 0 Å². The molecule has 1 aliphatic carbocycles. The Bertz CT molecular complexity index is 350. The highest BCUT2D eigenvalue weighted by Crippen LogP contribution is 2.36. The normalized spacial score (nSPS) is 26.5. The fraction of sp³-hybridized carbons (Fsp3) is 0.667. The van der Waals surface area contributed by atoms with Crippen LogP contribution in [0.3, 0.4) is 0 Å². The molecule has 2 rings (SSSR count). The molecule has 1 fully saturated rings. The lowest BCUT2D eigenvalue weighted by atomic mass is 9.83. The second-order valence-electron chi connectivity index (χ2n) is 4.58. The van der Waals surface area contributed by atoms with Gasteiger partial charge in [-0.15, -0.1) is 11.3 Å². The van der Waals surface area contributed by atoms with Crippen molar-refractivity contribution in [3.05, 3.63) is 16.1 Å². The first kappa shape index (κ1) is 10.8. The maximum atomic E-state index is 11.1. The second-order valence-corrected chi connectivity index (χ2v) is 5.47. The van der Waals surface area contributed by atoms with Crippen molar-refractivity contribution in [2.45, 2.75) is 45.4 Å². The van der Waals surface area contributed by atoms with Gasteiger partial charge in [-0.25, -0.2) is 4.98 Å². The number of Topliss-reactive ketones (excluding diaryl/α,β-unsaturated/α-hetero) is 1. The summed E-state index contributed by atoms with van der Waals surface area (Å²) in [6.07, 6.45) is 5.09. The molecule has 3 heteroatoms. The number of aromatic nitrogens is 1. The standard InChI is InChI=1S/C12H17NOS/c1-8-3-5-10(6-4-8)12-13-11(7-15-12)9(2)14/h7-8,10H,3-6H2,1-2H3. The van der Waals surface area contributed by atoms with Crippen LogP contribution in [-0.2, 0) is 0 Å². The maximum absolute atomic E-state index is 11.1. The van der Waals surface area contributed by atoms with Crippen molar-refractivity contribution < 1.29 is 4.79 Å². The van der Waals surface area contributed by atoms with Crippen molar-refractivity contribution in [3.8, 4) is 0 Å². The molecule has 1 aromatic rings. The Morgan fingerprint density at radius 1 is 1.40 bits per heavy atom. The summed E-state index contributed by atoms with van der Waals surface area (Å²) in [6.45, 7) is 3.90. The molecule has 0 bridgehead atoms. The minimum atomic E-state index is 0.0849. The fourth-order valence-corrected chi connectivity index (χ4v) is 3.17. The number of nitrogens with zero attached hydrogens (tertiary/aromatic N) is 1. The third kappa shape index (κ3) is 2.46. The van der Waals surface area contributed by atoms with Gasteiger partial charge < -0.3 is 0 Å². The van der Waals surface area contributed by atoms with Crippen LogP contribution >= 0.6 is 11.3 Å². The van der Waals surface area contributed by atoms with E-state index in [-0.39, 0.29) is 5.78 Å². The summed E-state index contributed by atoms with van der Waals surface area (Å²) in [5, 5.41) is 3.07. The molecule has 0 spiro atoms. The van der Waals surface area contributed by atoms with Crippen LogP contribution in [0, 0.1) is 5.92 Å². The predicted molar refractivity (Wildman–Crippen MR) is 62.5 cm³/mol. The Morgan fingerprint density at radius 3 is 2.60 bits per heavy atom. The Balaban J connectivity index is 2.06. The predicted octanol–water partition coefficient (Wildman–Crippen LogP) is 3.64. The van der Waals surface area contributed by atoms with Gasteiger partial charge in [0.05, 0.1) is 5.01 Å². The fourth-order valence-electron chi connectivity index (χ4n) is 2.14. The van der Waals surface area contributed by atoms with Crippen molar-refractivity contribution in [1.82, 2.24) is 4.98 Å². The van der Waals surface area contributed by atoms with Crippen LogP contribution in [0.4, 0.5) is 0 Å². The van der Waals surface area contributed by atoms with Gasteiger partial charge in [0.2, 0.25) is 0 Å². The summed E-state index contributed by atoms with van der Waals surface area (Å²) in [7, 11) is 0. The highest BCUT2D eigenvalue weighted by atomic mass is 32.1. The maximum Gasteiger partial charge on any atom is 0.178 e. The van der Waals surface area contributed by atoms with Gasteiger partial charge in [-0.1, -0.05) is 19.8 Å². The molecule has 2 nitrogen and oxygen atoms in total. The number of rotatable bonds is 2. The number of hydrogen-bond acceptors (Lipinski definition) is 3. The van der Waals surface area contributed by atoms with Crippen LogP contribution in [0.5, 0.6) is 0 Å². The first-order chi connectivity index (χ1) is 7.16. The third-order valence-electron chi connectivity index (χ3n) is 3.25. The number of thiazole rings is 1. The Morgan fingerprint density at radius 2 is 2.07 bits per heavy atom. The minimum absolute atomic E-state index is 0.0849. The summed E-state index contributed by atoms with van der Waals surface area (Å²) >= 11 is 1.65. The average Bonchev–Trinajstić information content (AvgIpc) is 2.68. The van der Waals surface area contributed by atoms with Crippen LogP contribution in [-0.4, -0.2) is 10.8 Å². The van der Waals surface area contributed by atoms with E-state index in [2.05, 4.69) is 11.9 Å². The molecule has 82 valence electrons. The highest BCUT2D eigenvalue weighted by Gasteiger charge is 2.22. The topological polar surface area (TPSA) is 30.0 Å². The quantitative estimate of drug-likeness (QED) is 0.716. The van der Waals surface area contributed by atoms with Gasteiger partial charge in [-0.3, -0.25) is 4.79 Å². The summed E-state index contributed by atoms with van der Waals surface area (Å²) in [5.41, 5.74) is 0.647. The molecule has 0 amide bonds. The first-order valence-corrected chi connectivity index (χ1v) is 6.51. The second kappa shape index (κ2) is 4.44. The van der Waals surface area contributed by atoms with E-state index in [1.807, 2.05) is 5.38 Å². The van der Waals surface area contributed by atoms with E-state index in [4.69, 9.17) is 0 Å². The zero-order chi connectivity index (χ0) is 10.8. The Kier molecular flexibility index (Phi) is 3.19. The lowest BCUT2D eigenvalue weighted by molar-refractivity contribution is 0.101. The van der Waals surface area contributed by atoms with Gasteiger partial charge >= 0.3 is 0 Å². The molecule has 15 heavy (non-hydrogen) atoms. The molecule has 0 aromatic carbocycles. The van der Waals surface area contributed by atoms with E-state index < -0.39 is 0 Å². The SMILES string of the molecule is CC(=O)c1csc(C2CCC(C)CC2)n1. The van der Waals surface area contributed by atoms with E-state index in [0.717, 1.165) is 5.92 Å². The third-order valence-corrected chi connectivity index (χ3v) is 4.25. The molecule has 1 heterocycles. The summed E-state index contributed by atoms with van der Waals surface area (Å²) in [4.78, 5) is 15.6. The van der Waals surface area contributed by atoms with Gasteiger partial charge in [-0.2, -0.15) is 0 Å². The molecular weight excluding hydrogens is 206 g/mol. The molecule has 1 aromatic heterocycles.